The molecule has 0 spiro atoms. The summed E-state index contributed by atoms with van der Waals surface area (Å²) in [6.45, 7) is 1.51. The molecule has 0 unspecified atom stereocenters. The summed E-state index contributed by atoms with van der Waals surface area (Å²) in [6, 6.07) is 0. The van der Waals surface area contributed by atoms with Crippen molar-refractivity contribution in [3.8, 4) is 0 Å². The van der Waals surface area contributed by atoms with Gasteiger partial charge in [0.2, 0.25) is 0 Å². The van der Waals surface area contributed by atoms with E-state index in [1.165, 1.54) is 24.9 Å². The van der Waals surface area contributed by atoms with Crippen LogP contribution in [-0.2, 0) is 4.79 Å². The van der Waals surface area contributed by atoms with Crippen molar-refractivity contribution in [1.29, 1.82) is 0 Å². The van der Waals surface area contributed by atoms with Crippen LogP contribution in [-0.4, -0.2) is 20.8 Å². The molecule has 96 valence electrons. The number of nitrogens with two attached hydrogens (primary N) is 1. The zero-order chi connectivity index (χ0) is 13.5. The van der Waals surface area contributed by atoms with Gasteiger partial charge in [0.1, 0.15) is 11.9 Å². The average molecular weight is 267 g/mol. The Morgan fingerprint density at radius 1 is 1.61 bits per heavy atom. The molecule has 2 N–H and O–H groups in total. The molecule has 0 saturated carbocycles. The third-order valence-electron chi connectivity index (χ3n) is 2.08. The zero-order valence-electron chi connectivity index (χ0n) is 9.83. The predicted molar refractivity (Wildman–Crippen MR) is 72.1 cm³/mol. The first-order valence-corrected chi connectivity index (χ1v) is 6.18. The fourth-order valence-corrected chi connectivity index (χ4v) is 1.78. The van der Waals surface area contributed by atoms with Gasteiger partial charge in [-0.25, -0.2) is 0 Å². The molecule has 0 amide bonds. The van der Waals surface area contributed by atoms with Gasteiger partial charge in [0.25, 0.3) is 0 Å². The van der Waals surface area contributed by atoms with E-state index < -0.39 is 4.92 Å². The Balaban J connectivity index is 2.67. The van der Waals surface area contributed by atoms with Crippen molar-refractivity contribution in [3.63, 3.8) is 0 Å². The van der Waals surface area contributed by atoms with Gasteiger partial charge in [-0.3, -0.25) is 19.9 Å². The second-order valence-electron chi connectivity index (χ2n) is 3.45. The summed E-state index contributed by atoms with van der Waals surface area (Å²) in [5, 5.41) is 10.7. The number of allylic oxidation sites excluding steroid dienone is 1. The van der Waals surface area contributed by atoms with E-state index in [1.54, 1.807) is 6.08 Å². The van der Waals surface area contributed by atoms with Gasteiger partial charge in [-0.15, -0.1) is 0 Å². The Labute approximate surface area is 108 Å². The number of nitrogen functional groups attached to an aromatic ring is 1. The third-order valence-corrected chi connectivity index (χ3v) is 2.93. The van der Waals surface area contributed by atoms with E-state index in [2.05, 4.69) is 4.98 Å². The van der Waals surface area contributed by atoms with Gasteiger partial charge in [0, 0.05) is 24.4 Å². The maximum absolute atomic E-state index is 10.7. The molecule has 0 bridgehead atoms. The van der Waals surface area contributed by atoms with Crippen LogP contribution in [0.2, 0.25) is 0 Å². The van der Waals surface area contributed by atoms with E-state index in [0.717, 1.165) is 6.20 Å². The summed E-state index contributed by atoms with van der Waals surface area (Å²) in [5.74, 6) is 0.675. The van der Waals surface area contributed by atoms with E-state index in [0.29, 0.717) is 17.7 Å². The molecule has 0 aliphatic rings. The Morgan fingerprint density at radius 2 is 2.33 bits per heavy atom. The average Bonchev–Trinajstić information content (AvgIpc) is 2.30. The van der Waals surface area contributed by atoms with Crippen LogP contribution in [0.15, 0.2) is 18.5 Å². The Bertz CT molecular complexity index is 488. The smallest absolute Gasteiger partial charge is 0.310 e. The molecule has 0 aliphatic heterocycles. The molecule has 0 fully saturated rings. The molecule has 1 aromatic heterocycles. The highest BCUT2D eigenvalue weighted by Gasteiger charge is 2.13. The number of carbonyl (C=O) groups is 1. The molecule has 1 heterocycles. The lowest BCUT2D eigenvalue weighted by atomic mass is 10.2. The number of rotatable bonds is 5. The van der Waals surface area contributed by atoms with Crippen LogP contribution in [0, 0.1) is 10.1 Å². The number of carbonyl (C=O) groups excluding carboxylic acids is 1. The molecule has 7 heteroatoms. The maximum Gasteiger partial charge on any atom is 0.310 e. The molecular weight excluding hydrogens is 254 g/mol. The fourth-order valence-electron chi connectivity index (χ4n) is 1.23. The van der Waals surface area contributed by atoms with Crippen LogP contribution in [0.3, 0.4) is 0 Å². The second kappa shape index (κ2) is 6.75. The van der Waals surface area contributed by atoms with Crippen molar-refractivity contribution in [3.05, 3.63) is 34.1 Å². The molecule has 0 atom stereocenters. The second-order valence-corrected chi connectivity index (χ2v) is 4.72. The molecule has 0 saturated heterocycles. The molecule has 1 aromatic rings. The number of anilines is 1. The van der Waals surface area contributed by atoms with Gasteiger partial charge >= 0.3 is 5.69 Å². The number of pyridine rings is 1. The van der Waals surface area contributed by atoms with Crippen LogP contribution in [0.5, 0.6) is 0 Å². The number of nitro groups is 1. The standard InChI is InChI=1S/C11H13N3O3S/c1-8(15)18-5-3-2-4-9-6-13-7-10(11(9)12)14(16)17/h2,4,6-7H,3,5H2,1H3,(H2,12,13). The van der Waals surface area contributed by atoms with E-state index in [1.807, 2.05) is 6.08 Å². The monoisotopic (exact) mass is 267 g/mol. The Kier molecular flexibility index (Phi) is 5.31. The fraction of sp³-hybridized carbons (Fsp3) is 0.273. The van der Waals surface area contributed by atoms with Gasteiger partial charge in [-0.1, -0.05) is 23.9 Å². The molecule has 0 aromatic carbocycles. The minimum absolute atomic E-state index is 0.0694. The number of hydrogen-bond donors (Lipinski definition) is 1. The number of thioether (sulfide) groups is 1. The highest BCUT2D eigenvalue weighted by molar-refractivity contribution is 8.13. The Hall–Kier alpha value is -1.89. The highest BCUT2D eigenvalue weighted by atomic mass is 32.2. The zero-order valence-corrected chi connectivity index (χ0v) is 10.6. The van der Waals surface area contributed by atoms with Crippen LogP contribution in [0.4, 0.5) is 11.4 Å². The van der Waals surface area contributed by atoms with Crippen LogP contribution >= 0.6 is 11.8 Å². The van der Waals surface area contributed by atoms with Crippen molar-refractivity contribution in [1.82, 2.24) is 4.98 Å². The van der Waals surface area contributed by atoms with Gasteiger partial charge in [0.15, 0.2) is 5.12 Å². The van der Waals surface area contributed by atoms with E-state index in [4.69, 9.17) is 5.73 Å². The van der Waals surface area contributed by atoms with Crippen LogP contribution in [0.25, 0.3) is 6.08 Å². The van der Waals surface area contributed by atoms with Gasteiger partial charge < -0.3 is 5.73 Å². The summed E-state index contributed by atoms with van der Waals surface area (Å²) >= 11 is 1.23. The molecule has 0 aliphatic carbocycles. The topological polar surface area (TPSA) is 99.1 Å². The minimum atomic E-state index is -0.564. The first kappa shape index (κ1) is 14.2. The van der Waals surface area contributed by atoms with Crippen molar-refractivity contribution >= 4 is 34.3 Å². The van der Waals surface area contributed by atoms with Crippen LogP contribution < -0.4 is 5.73 Å². The molecule has 18 heavy (non-hydrogen) atoms. The quantitative estimate of drug-likeness (QED) is 0.499. The molecular formula is C11H13N3O3S. The predicted octanol–water partition coefficient (Wildman–Crippen LogP) is 2.26. The highest BCUT2D eigenvalue weighted by Crippen LogP contribution is 2.24. The summed E-state index contributed by atoms with van der Waals surface area (Å²) < 4.78 is 0. The largest absolute Gasteiger partial charge is 0.393 e. The summed E-state index contributed by atoms with van der Waals surface area (Å²) in [6.07, 6.45) is 6.77. The first-order chi connectivity index (χ1) is 8.52. The summed E-state index contributed by atoms with van der Waals surface area (Å²) in [7, 11) is 0. The lowest BCUT2D eigenvalue weighted by molar-refractivity contribution is -0.384. The van der Waals surface area contributed by atoms with E-state index in [9.17, 15) is 14.9 Å². The van der Waals surface area contributed by atoms with E-state index in [-0.39, 0.29) is 16.5 Å². The van der Waals surface area contributed by atoms with Crippen molar-refractivity contribution in [2.75, 3.05) is 11.5 Å². The van der Waals surface area contributed by atoms with Crippen molar-refractivity contribution in [2.24, 2.45) is 0 Å². The lowest BCUT2D eigenvalue weighted by Crippen LogP contribution is -1.98. The number of hydrogen-bond acceptors (Lipinski definition) is 6. The van der Waals surface area contributed by atoms with Crippen molar-refractivity contribution < 1.29 is 9.72 Å². The normalized spacial score (nSPS) is 10.7. The molecule has 6 nitrogen and oxygen atoms in total. The number of aromatic nitrogens is 1. The summed E-state index contributed by atoms with van der Waals surface area (Å²) in [5.41, 5.74) is 6.07. The number of nitrogens with zero attached hydrogens (tertiary/aromatic N) is 2. The van der Waals surface area contributed by atoms with E-state index >= 15 is 0 Å². The van der Waals surface area contributed by atoms with Gasteiger partial charge in [0.05, 0.1) is 4.92 Å². The minimum Gasteiger partial charge on any atom is -0.393 e. The maximum atomic E-state index is 10.7. The van der Waals surface area contributed by atoms with Crippen molar-refractivity contribution in [2.45, 2.75) is 13.3 Å². The van der Waals surface area contributed by atoms with Crippen LogP contribution in [0.1, 0.15) is 18.9 Å². The first-order valence-electron chi connectivity index (χ1n) is 5.20. The third kappa shape index (κ3) is 4.17. The molecule has 0 radical (unpaired) electrons. The van der Waals surface area contributed by atoms with Gasteiger partial charge in [-0.05, 0) is 6.42 Å². The SMILES string of the molecule is CC(=O)SCCC=Cc1cncc([N+](=O)[O-])c1N. The Morgan fingerprint density at radius 3 is 2.94 bits per heavy atom. The lowest BCUT2D eigenvalue weighted by Gasteiger charge is -2.00. The summed E-state index contributed by atoms with van der Waals surface area (Å²) in [4.78, 5) is 24.5. The molecule has 1 rings (SSSR count). The van der Waals surface area contributed by atoms with Gasteiger partial charge in [-0.2, -0.15) is 0 Å².